The number of carbonyl (C=O) groups is 1. The molecule has 1 rings (SSSR count). The number of nitrogens with one attached hydrogen (secondary N) is 1. The second-order valence-electron chi connectivity index (χ2n) is 3.87. The van der Waals surface area contributed by atoms with Crippen LogP contribution < -0.4 is 5.32 Å². The van der Waals surface area contributed by atoms with Gasteiger partial charge in [-0.25, -0.2) is 0 Å². The fraction of sp³-hybridized carbons (Fsp3) is 0.800. The third-order valence-electron chi connectivity index (χ3n) is 2.24. The summed E-state index contributed by atoms with van der Waals surface area (Å²) >= 11 is 0. The monoisotopic (exact) mass is 196 g/mol. The van der Waals surface area contributed by atoms with Crippen molar-refractivity contribution in [2.45, 2.75) is 32.8 Å². The molecule has 0 atom stereocenters. The van der Waals surface area contributed by atoms with Crippen molar-refractivity contribution in [3.8, 4) is 6.07 Å². The average molecular weight is 196 g/mol. The van der Waals surface area contributed by atoms with Gasteiger partial charge in [0.2, 0.25) is 5.91 Å². The Morgan fingerprint density at radius 1 is 1.64 bits per heavy atom. The van der Waals surface area contributed by atoms with Gasteiger partial charge in [-0.05, 0) is 26.7 Å². The Balaban J connectivity index is 2.14. The Morgan fingerprint density at radius 2 is 2.29 bits per heavy atom. The van der Waals surface area contributed by atoms with Crippen LogP contribution in [0, 0.1) is 16.7 Å². The van der Waals surface area contributed by atoms with Crippen LogP contribution >= 0.6 is 0 Å². The van der Waals surface area contributed by atoms with Crippen LogP contribution in [-0.2, 0) is 9.53 Å². The number of hydrogen-bond donors (Lipinski definition) is 1. The highest BCUT2D eigenvalue weighted by Crippen LogP contribution is 2.44. The van der Waals surface area contributed by atoms with Gasteiger partial charge in [0.25, 0.3) is 0 Å². The fourth-order valence-corrected chi connectivity index (χ4v) is 1.14. The molecule has 1 aliphatic rings. The lowest BCUT2D eigenvalue weighted by atomic mass is 10.1. The fourth-order valence-electron chi connectivity index (χ4n) is 1.14. The highest BCUT2D eigenvalue weighted by atomic mass is 16.5. The van der Waals surface area contributed by atoms with Gasteiger partial charge >= 0.3 is 0 Å². The summed E-state index contributed by atoms with van der Waals surface area (Å²) in [6.07, 6.45) is 1.57. The molecule has 0 aromatic rings. The molecule has 0 aromatic carbocycles. The van der Waals surface area contributed by atoms with E-state index in [1.54, 1.807) is 0 Å². The van der Waals surface area contributed by atoms with Crippen LogP contribution in [0.15, 0.2) is 0 Å². The lowest BCUT2D eigenvalue weighted by molar-refractivity contribution is -0.124. The molecule has 14 heavy (non-hydrogen) atoms. The van der Waals surface area contributed by atoms with Crippen LogP contribution in [0.3, 0.4) is 0 Å². The first-order valence-corrected chi connectivity index (χ1v) is 4.92. The molecule has 0 unspecified atom stereocenters. The maximum Gasteiger partial charge on any atom is 0.240 e. The van der Waals surface area contributed by atoms with Gasteiger partial charge in [0.15, 0.2) is 0 Å². The van der Waals surface area contributed by atoms with Gasteiger partial charge in [-0.1, -0.05) is 0 Å². The van der Waals surface area contributed by atoms with Gasteiger partial charge in [0.05, 0.1) is 18.8 Å². The number of amides is 1. The van der Waals surface area contributed by atoms with Crippen LogP contribution in [-0.4, -0.2) is 25.2 Å². The Morgan fingerprint density at radius 3 is 2.71 bits per heavy atom. The maximum atomic E-state index is 11.4. The summed E-state index contributed by atoms with van der Waals surface area (Å²) in [6, 6.07) is 2.05. The summed E-state index contributed by atoms with van der Waals surface area (Å²) in [5.41, 5.74) is -0.710. The number of ether oxygens (including phenoxy) is 1. The zero-order valence-electron chi connectivity index (χ0n) is 8.67. The van der Waals surface area contributed by atoms with Gasteiger partial charge < -0.3 is 10.1 Å². The third kappa shape index (κ3) is 2.71. The Bertz CT molecular complexity index is 251. The van der Waals surface area contributed by atoms with Gasteiger partial charge in [-0.15, -0.1) is 0 Å². The second kappa shape index (κ2) is 4.43. The van der Waals surface area contributed by atoms with E-state index in [1.807, 2.05) is 19.9 Å². The van der Waals surface area contributed by atoms with Crippen molar-refractivity contribution in [1.29, 1.82) is 5.26 Å². The zero-order valence-corrected chi connectivity index (χ0v) is 8.67. The SMILES string of the molecule is CC(C)OCCNC(=O)C1(C#N)CC1. The molecule has 0 bridgehead atoms. The van der Waals surface area contributed by atoms with Crippen LogP contribution in [0.4, 0.5) is 0 Å². The zero-order chi connectivity index (χ0) is 10.6. The van der Waals surface area contributed by atoms with Crippen molar-refractivity contribution < 1.29 is 9.53 Å². The van der Waals surface area contributed by atoms with E-state index in [4.69, 9.17) is 10.00 Å². The molecule has 0 heterocycles. The normalized spacial score (nSPS) is 17.6. The van der Waals surface area contributed by atoms with Crippen LogP contribution in [0.2, 0.25) is 0 Å². The highest BCUT2D eigenvalue weighted by Gasteiger charge is 2.50. The molecule has 0 saturated heterocycles. The van der Waals surface area contributed by atoms with Crippen molar-refractivity contribution in [1.82, 2.24) is 5.32 Å². The number of carbonyl (C=O) groups excluding carboxylic acids is 1. The van der Waals surface area contributed by atoms with Crippen molar-refractivity contribution in [3.63, 3.8) is 0 Å². The maximum absolute atomic E-state index is 11.4. The summed E-state index contributed by atoms with van der Waals surface area (Å²) in [6.45, 7) is 4.88. The molecule has 1 aliphatic carbocycles. The summed E-state index contributed by atoms with van der Waals surface area (Å²) in [5, 5.41) is 11.4. The molecule has 0 radical (unpaired) electrons. The number of nitriles is 1. The molecule has 4 heteroatoms. The lowest BCUT2D eigenvalue weighted by Crippen LogP contribution is -2.34. The van der Waals surface area contributed by atoms with Crippen molar-refractivity contribution in [3.05, 3.63) is 0 Å². The molecule has 78 valence electrons. The van der Waals surface area contributed by atoms with Crippen LogP contribution in [0.5, 0.6) is 0 Å². The first kappa shape index (κ1) is 11.0. The molecule has 1 amide bonds. The van der Waals surface area contributed by atoms with Crippen LogP contribution in [0.25, 0.3) is 0 Å². The lowest BCUT2D eigenvalue weighted by Gasteiger charge is -2.10. The summed E-state index contributed by atoms with van der Waals surface area (Å²) in [5.74, 6) is -0.146. The summed E-state index contributed by atoms with van der Waals surface area (Å²) < 4.78 is 5.26. The van der Waals surface area contributed by atoms with Crippen molar-refractivity contribution in [2.24, 2.45) is 5.41 Å². The van der Waals surface area contributed by atoms with E-state index in [2.05, 4.69) is 5.32 Å². The van der Waals surface area contributed by atoms with E-state index < -0.39 is 5.41 Å². The topological polar surface area (TPSA) is 62.1 Å². The van der Waals surface area contributed by atoms with E-state index in [9.17, 15) is 4.79 Å². The molecule has 0 aliphatic heterocycles. The Hall–Kier alpha value is -1.08. The summed E-state index contributed by atoms with van der Waals surface area (Å²) in [4.78, 5) is 11.4. The van der Waals surface area contributed by atoms with E-state index in [0.29, 0.717) is 26.0 Å². The standard InChI is InChI=1S/C10H16N2O2/c1-8(2)14-6-5-12-9(13)10(7-11)3-4-10/h8H,3-6H2,1-2H3,(H,12,13). The minimum atomic E-state index is -0.710. The predicted molar refractivity (Wildman–Crippen MR) is 51.4 cm³/mol. The average Bonchev–Trinajstić information content (AvgIpc) is 2.92. The molecule has 1 fully saturated rings. The minimum absolute atomic E-state index is 0.146. The van der Waals surface area contributed by atoms with E-state index in [-0.39, 0.29) is 12.0 Å². The Kier molecular flexibility index (Phi) is 3.48. The number of nitrogens with zero attached hydrogens (tertiary/aromatic N) is 1. The molecule has 4 nitrogen and oxygen atoms in total. The van der Waals surface area contributed by atoms with E-state index in [1.165, 1.54) is 0 Å². The van der Waals surface area contributed by atoms with Gasteiger partial charge in [-0.2, -0.15) is 5.26 Å². The highest BCUT2D eigenvalue weighted by molar-refractivity contribution is 5.88. The van der Waals surface area contributed by atoms with E-state index >= 15 is 0 Å². The smallest absolute Gasteiger partial charge is 0.240 e. The molecule has 1 saturated carbocycles. The second-order valence-corrected chi connectivity index (χ2v) is 3.87. The molecule has 0 spiro atoms. The van der Waals surface area contributed by atoms with Crippen molar-refractivity contribution >= 4 is 5.91 Å². The molecule has 1 N–H and O–H groups in total. The number of rotatable bonds is 5. The first-order chi connectivity index (χ1) is 6.60. The molecular weight excluding hydrogens is 180 g/mol. The summed E-state index contributed by atoms with van der Waals surface area (Å²) in [7, 11) is 0. The number of hydrogen-bond acceptors (Lipinski definition) is 3. The van der Waals surface area contributed by atoms with Gasteiger partial charge in [0.1, 0.15) is 5.41 Å². The van der Waals surface area contributed by atoms with Gasteiger partial charge in [-0.3, -0.25) is 4.79 Å². The van der Waals surface area contributed by atoms with Gasteiger partial charge in [0, 0.05) is 6.54 Å². The minimum Gasteiger partial charge on any atom is -0.377 e. The first-order valence-electron chi connectivity index (χ1n) is 4.92. The predicted octanol–water partition coefficient (Wildman–Crippen LogP) is 0.831. The van der Waals surface area contributed by atoms with Crippen molar-refractivity contribution in [2.75, 3.05) is 13.2 Å². The third-order valence-corrected chi connectivity index (χ3v) is 2.24. The molecular formula is C10H16N2O2. The Labute approximate surface area is 84.2 Å². The van der Waals surface area contributed by atoms with Crippen LogP contribution in [0.1, 0.15) is 26.7 Å². The van der Waals surface area contributed by atoms with E-state index in [0.717, 1.165) is 0 Å². The molecule has 0 aromatic heterocycles. The largest absolute Gasteiger partial charge is 0.377 e. The quantitative estimate of drug-likeness (QED) is 0.662.